The lowest BCUT2D eigenvalue weighted by atomic mass is 10.1. The minimum Gasteiger partial charge on any atom is -0.474 e. The van der Waals surface area contributed by atoms with Gasteiger partial charge in [0.25, 0.3) is 5.91 Å². The van der Waals surface area contributed by atoms with Gasteiger partial charge >= 0.3 is 0 Å². The minimum atomic E-state index is -1.00. The fourth-order valence-electron chi connectivity index (χ4n) is 2.79. The third kappa shape index (κ3) is 3.54. The topological polar surface area (TPSA) is 91.2 Å². The van der Waals surface area contributed by atoms with E-state index in [2.05, 4.69) is 9.97 Å². The molecule has 0 bridgehead atoms. The molecular weight excluding hydrogens is 378 g/mol. The van der Waals surface area contributed by atoms with Gasteiger partial charge in [0, 0.05) is 11.2 Å². The summed E-state index contributed by atoms with van der Waals surface area (Å²) < 4.78 is 11.5. The Balaban J connectivity index is 1.63. The molecule has 0 aliphatic heterocycles. The summed E-state index contributed by atoms with van der Waals surface area (Å²) in [6.45, 7) is 1.89. The minimum absolute atomic E-state index is 0.402. The molecule has 1 atom stereocenters. The van der Waals surface area contributed by atoms with Crippen molar-refractivity contribution in [3.63, 3.8) is 0 Å². The first-order chi connectivity index (χ1) is 13.5. The van der Waals surface area contributed by atoms with Crippen LogP contribution in [0.2, 0.25) is 5.02 Å². The Kier molecular flexibility index (Phi) is 4.71. The molecular formula is C21H16ClN3O3. The largest absolute Gasteiger partial charge is 0.474 e. The third-order valence-corrected chi connectivity index (χ3v) is 4.48. The molecule has 0 saturated carbocycles. The standard InChI is InChI=1S/C21H16ClN3O3/c1-12-4-2-3-5-17(12)27-19(20(23)26)15-8-6-13(11-24-15)21-25-16-10-14(22)7-9-18(16)28-21/h2-11,19H,1H3,(H2,23,26). The Bertz CT molecular complexity index is 1160. The Morgan fingerprint density at radius 2 is 2.00 bits per heavy atom. The smallest absolute Gasteiger partial charge is 0.264 e. The number of benzene rings is 2. The molecule has 1 amide bonds. The van der Waals surface area contributed by atoms with Gasteiger partial charge in [-0.25, -0.2) is 4.98 Å². The van der Waals surface area contributed by atoms with Crippen molar-refractivity contribution < 1.29 is 13.9 Å². The fraction of sp³-hybridized carbons (Fsp3) is 0.0952. The predicted molar refractivity (Wildman–Crippen MR) is 106 cm³/mol. The van der Waals surface area contributed by atoms with E-state index in [4.69, 9.17) is 26.5 Å². The first kappa shape index (κ1) is 18.0. The first-order valence-corrected chi connectivity index (χ1v) is 8.93. The van der Waals surface area contributed by atoms with Crippen LogP contribution in [0.4, 0.5) is 0 Å². The number of aromatic nitrogens is 2. The van der Waals surface area contributed by atoms with Gasteiger partial charge in [0.05, 0.1) is 11.3 Å². The van der Waals surface area contributed by atoms with Crippen molar-refractivity contribution in [2.24, 2.45) is 5.73 Å². The number of hydrogen-bond donors (Lipinski definition) is 1. The molecule has 0 radical (unpaired) electrons. The zero-order chi connectivity index (χ0) is 19.7. The van der Waals surface area contributed by atoms with Crippen LogP contribution in [-0.2, 0) is 4.79 Å². The van der Waals surface area contributed by atoms with Crippen molar-refractivity contribution >= 4 is 28.6 Å². The second kappa shape index (κ2) is 7.32. The van der Waals surface area contributed by atoms with Crippen LogP contribution in [0.5, 0.6) is 5.75 Å². The summed E-state index contributed by atoms with van der Waals surface area (Å²) >= 11 is 5.99. The van der Waals surface area contributed by atoms with E-state index in [1.54, 1.807) is 42.6 Å². The van der Waals surface area contributed by atoms with Crippen molar-refractivity contribution in [2.45, 2.75) is 13.0 Å². The van der Waals surface area contributed by atoms with Crippen molar-refractivity contribution in [3.8, 4) is 17.2 Å². The number of rotatable bonds is 5. The lowest BCUT2D eigenvalue weighted by Crippen LogP contribution is -2.27. The molecule has 140 valence electrons. The number of hydrogen-bond acceptors (Lipinski definition) is 5. The number of pyridine rings is 1. The summed E-state index contributed by atoms with van der Waals surface area (Å²) in [7, 11) is 0. The zero-order valence-corrected chi connectivity index (χ0v) is 15.7. The molecule has 28 heavy (non-hydrogen) atoms. The number of para-hydroxylation sites is 1. The number of carbonyl (C=O) groups is 1. The van der Waals surface area contributed by atoms with Crippen LogP contribution >= 0.6 is 11.6 Å². The molecule has 0 fully saturated rings. The highest BCUT2D eigenvalue weighted by Crippen LogP contribution is 2.28. The average Bonchev–Trinajstić information content (AvgIpc) is 3.10. The maximum absolute atomic E-state index is 11.9. The molecule has 0 saturated heterocycles. The summed E-state index contributed by atoms with van der Waals surface area (Å²) in [4.78, 5) is 20.7. The van der Waals surface area contributed by atoms with Crippen LogP contribution in [0.1, 0.15) is 17.4 Å². The second-order valence-electron chi connectivity index (χ2n) is 6.27. The van der Waals surface area contributed by atoms with Crippen molar-refractivity contribution in [2.75, 3.05) is 0 Å². The van der Waals surface area contributed by atoms with Crippen molar-refractivity contribution in [1.82, 2.24) is 9.97 Å². The average molecular weight is 394 g/mol. The van der Waals surface area contributed by atoms with E-state index in [1.807, 2.05) is 25.1 Å². The SMILES string of the molecule is Cc1ccccc1OC(C(N)=O)c1ccc(-c2nc3cc(Cl)ccc3o2)cn1. The summed E-state index contributed by atoms with van der Waals surface area (Å²) in [5.74, 6) is 0.361. The Hall–Kier alpha value is -3.38. The van der Waals surface area contributed by atoms with Gasteiger partial charge in [-0.3, -0.25) is 9.78 Å². The number of primary amides is 1. The highest BCUT2D eigenvalue weighted by atomic mass is 35.5. The molecule has 1 unspecified atom stereocenters. The van der Waals surface area contributed by atoms with E-state index >= 15 is 0 Å². The summed E-state index contributed by atoms with van der Waals surface area (Å²) in [6, 6.07) is 16.0. The zero-order valence-electron chi connectivity index (χ0n) is 14.9. The Labute approximate surface area is 165 Å². The van der Waals surface area contributed by atoms with Crippen LogP contribution in [-0.4, -0.2) is 15.9 Å². The number of carbonyl (C=O) groups excluding carboxylic acids is 1. The van der Waals surface area contributed by atoms with Gasteiger partial charge in [-0.2, -0.15) is 0 Å². The van der Waals surface area contributed by atoms with Crippen LogP contribution in [0.15, 0.2) is 65.2 Å². The van der Waals surface area contributed by atoms with Gasteiger partial charge in [-0.15, -0.1) is 0 Å². The van der Waals surface area contributed by atoms with Gasteiger partial charge in [-0.05, 0) is 48.9 Å². The van der Waals surface area contributed by atoms with E-state index in [1.165, 1.54) is 0 Å². The number of nitrogens with zero attached hydrogens (tertiary/aromatic N) is 2. The number of amides is 1. The molecule has 4 aromatic rings. The predicted octanol–water partition coefficient (Wildman–Crippen LogP) is 4.46. The molecule has 6 nitrogen and oxygen atoms in total. The van der Waals surface area contributed by atoms with E-state index in [0.29, 0.717) is 39.0 Å². The van der Waals surface area contributed by atoms with Crippen LogP contribution < -0.4 is 10.5 Å². The Morgan fingerprint density at radius 3 is 2.71 bits per heavy atom. The maximum atomic E-state index is 11.9. The quantitative estimate of drug-likeness (QED) is 0.540. The fourth-order valence-corrected chi connectivity index (χ4v) is 2.96. The van der Waals surface area contributed by atoms with Gasteiger partial charge in [0.1, 0.15) is 11.3 Å². The van der Waals surface area contributed by atoms with E-state index < -0.39 is 12.0 Å². The van der Waals surface area contributed by atoms with E-state index in [0.717, 1.165) is 5.56 Å². The van der Waals surface area contributed by atoms with Crippen LogP contribution in [0.25, 0.3) is 22.6 Å². The van der Waals surface area contributed by atoms with Gasteiger partial charge in [-0.1, -0.05) is 29.8 Å². The first-order valence-electron chi connectivity index (χ1n) is 8.55. The van der Waals surface area contributed by atoms with Crippen molar-refractivity contribution in [3.05, 3.63) is 77.1 Å². The van der Waals surface area contributed by atoms with Gasteiger partial charge in [0.15, 0.2) is 5.58 Å². The molecule has 0 aliphatic carbocycles. The van der Waals surface area contributed by atoms with Gasteiger partial charge < -0.3 is 14.9 Å². The lowest BCUT2D eigenvalue weighted by Gasteiger charge is -2.17. The number of halogens is 1. The van der Waals surface area contributed by atoms with Gasteiger partial charge in [0.2, 0.25) is 12.0 Å². The maximum Gasteiger partial charge on any atom is 0.264 e. The molecule has 2 heterocycles. The van der Waals surface area contributed by atoms with Crippen LogP contribution in [0.3, 0.4) is 0 Å². The highest BCUT2D eigenvalue weighted by Gasteiger charge is 2.22. The lowest BCUT2D eigenvalue weighted by molar-refractivity contribution is -0.125. The van der Waals surface area contributed by atoms with E-state index in [-0.39, 0.29) is 0 Å². The number of aryl methyl sites for hydroxylation is 1. The molecule has 0 spiro atoms. The third-order valence-electron chi connectivity index (χ3n) is 4.25. The molecule has 0 aliphatic rings. The number of oxazole rings is 1. The summed E-state index contributed by atoms with van der Waals surface area (Å²) in [6.07, 6.45) is 0.566. The van der Waals surface area contributed by atoms with E-state index in [9.17, 15) is 4.79 Å². The molecule has 2 aromatic carbocycles. The molecule has 4 rings (SSSR count). The molecule has 2 aromatic heterocycles. The number of nitrogens with two attached hydrogens (primary N) is 1. The number of fused-ring (bicyclic) bond motifs is 1. The summed E-state index contributed by atoms with van der Waals surface area (Å²) in [5, 5.41) is 0.582. The molecule has 2 N–H and O–H groups in total. The Morgan fingerprint density at radius 1 is 1.18 bits per heavy atom. The normalized spacial score (nSPS) is 12.1. The second-order valence-corrected chi connectivity index (χ2v) is 6.70. The number of ether oxygens (including phenoxy) is 1. The van der Waals surface area contributed by atoms with Crippen molar-refractivity contribution in [1.29, 1.82) is 0 Å². The highest BCUT2D eigenvalue weighted by molar-refractivity contribution is 6.31. The van der Waals surface area contributed by atoms with Crippen LogP contribution in [0, 0.1) is 6.92 Å². The monoisotopic (exact) mass is 393 g/mol. The summed E-state index contributed by atoms with van der Waals surface area (Å²) in [5.41, 5.74) is 8.78. The molecule has 7 heteroatoms.